The van der Waals surface area contributed by atoms with E-state index >= 15 is 0 Å². The van der Waals surface area contributed by atoms with Crippen LogP contribution in [0.3, 0.4) is 0 Å². The summed E-state index contributed by atoms with van der Waals surface area (Å²) in [7, 11) is 0. The van der Waals surface area contributed by atoms with E-state index in [2.05, 4.69) is 4.98 Å². The lowest BCUT2D eigenvalue weighted by Gasteiger charge is -2.17. The molecule has 4 N–H and O–H groups in total. The van der Waals surface area contributed by atoms with E-state index in [0.29, 0.717) is 11.6 Å². The molecular formula is C14H13F4N3. The van der Waals surface area contributed by atoms with Crippen molar-refractivity contribution in [2.24, 2.45) is 5.73 Å². The monoisotopic (exact) mass is 299 g/mol. The maximum atomic E-state index is 14.0. The van der Waals surface area contributed by atoms with E-state index in [4.69, 9.17) is 11.5 Å². The third-order valence-electron chi connectivity index (χ3n) is 3.10. The third-order valence-corrected chi connectivity index (χ3v) is 3.10. The van der Waals surface area contributed by atoms with Crippen molar-refractivity contribution in [2.45, 2.75) is 18.6 Å². The second kappa shape index (κ2) is 5.69. The molecule has 0 aliphatic rings. The molecule has 2 rings (SSSR count). The van der Waals surface area contributed by atoms with Gasteiger partial charge in [-0.3, -0.25) is 0 Å². The number of alkyl halides is 3. The van der Waals surface area contributed by atoms with Crippen LogP contribution in [0, 0.1) is 5.82 Å². The number of pyridine rings is 1. The highest BCUT2D eigenvalue weighted by Crippen LogP contribution is 2.34. The number of rotatable bonds is 3. The largest absolute Gasteiger partial charge is 0.419 e. The molecule has 7 heteroatoms. The molecule has 1 unspecified atom stereocenters. The first-order valence-corrected chi connectivity index (χ1v) is 6.11. The molecule has 1 aromatic heterocycles. The number of anilines is 1. The minimum Gasteiger partial charge on any atom is -0.383 e. The molecule has 3 nitrogen and oxygen atoms in total. The lowest BCUT2D eigenvalue weighted by molar-refractivity contribution is -0.140. The average Bonchev–Trinajstić information content (AvgIpc) is 2.40. The van der Waals surface area contributed by atoms with Crippen molar-refractivity contribution in [2.75, 3.05) is 5.73 Å². The van der Waals surface area contributed by atoms with Crippen LogP contribution in [0.15, 0.2) is 36.5 Å². The van der Waals surface area contributed by atoms with Gasteiger partial charge in [0.25, 0.3) is 0 Å². The average molecular weight is 299 g/mol. The molecule has 1 heterocycles. The molecule has 0 amide bonds. The number of aromatic nitrogens is 1. The maximum Gasteiger partial charge on any atom is 0.419 e. The fraction of sp³-hybridized carbons (Fsp3) is 0.214. The van der Waals surface area contributed by atoms with Crippen LogP contribution in [0.2, 0.25) is 0 Å². The first-order chi connectivity index (χ1) is 9.80. The Labute approximate surface area is 118 Å². The van der Waals surface area contributed by atoms with Gasteiger partial charge in [-0.05, 0) is 24.1 Å². The van der Waals surface area contributed by atoms with Gasteiger partial charge in [0.1, 0.15) is 11.6 Å². The highest BCUT2D eigenvalue weighted by Gasteiger charge is 2.35. The summed E-state index contributed by atoms with van der Waals surface area (Å²) >= 11 is 0. The molecule has 0 radical (unpaired) electrons. The van der Waals surface area contributed by atoms with Crippen molar-refractivity contribution in [1.82, 2.24) is 4.98 Å². The summed E-state index contributed by atoms with van der Waals surface area (Å²) < 4.78 is 52.0. The van der Waals surface area contributed by atoms with Gasteiger partial charge in [-0.2, -0.15) is 13.2 Å². The quantitative estimate of drug-likeness (QED) is 0.856. The summed E-state index contributed by atoms with van der Waals surface area (Å²) in [6.07, 6.45) is -3.18. The number of nitrogen functional groups attached to an aromatic ring is 1. The summed E-state index contributed by atoms with van der Waals surface area (Å²) in [4.78, 5) is 3.85. The number of benzene rings is 1. The van der Waals surface area contributed by atoms with Gasteiger partial charge >= 0.3 is 6.18 Å². The smallest absolute Gasteiger partial charge is 0.383 e. The Morgan fingerprint density at radius 3 is 2.48 bits per heavy atom. The molecule has 0 aliphatic carbocycles. The van der Waals surface area contributed by atoms with Crippen molar-refractivity contribution in [3.63, 3.8) is 0 Å². The van der Waals surface area contributed by atoms with Crippen molar-refractivity contribution in [3.8, 4) is 0 Å². The summed E-state index contributed by atoms with van der Waals surface area (Å²) in [5.74, 6) is -1.12. The van der Waals surface area contributed by atoms with Gasteiger partial charge in [0.15, 0.2) is 0 Å². The zero-order chi connectivity index (χ0) is 15.6. The Hall–Kier alpha value is -2.15. The molecule has 0 saturated carbocycles. The van der Waals surface area contributed by atoms with Crippen LogP contribution >= 0.6 is 0 Å². The number of nitrogens with two attached hydrogens (primary N) is 2. The first kappa shape index (κ1) is 15.2. The van der Waals surface area contributed by atoms with Crippen molar-refractivity contribution < 1.29 is 17.6 Å². The molecule has 0 fully saturated rings. The Morgan fingerprint density at radius 2 is 1.86 bits per heavy atom. The lowest BCUT2D eigenvalue weighted by atomic mass is 9.97. The zero-order valence-corrected chi connectivity index (χ0v) is 10.9. The Balaban J connectivity index is 2.32. The molecule has 0 aliphatic heterocycles. The van der Waals surface area contributed by atoms with Crippen molar-refractivity contribution in [1.29, 1.82) is 0 Å². The molecule has 112 valence electrons. The summed E-state index contributed by atoms with van der Waals surface area (Å²) in [5, 5.41) is 0. The number of halogens is 4. The summed E-state index contributed by atoms with van der Waals surface area (Å²) in [6.45, 7) is 0. The van der Waals surface area contributed by atoms with Crippen molar-refractivity contribution >= 4 is 5.82 Å². The van der Waals surface area contributed by atoms with Gasteiger partial charge in [-0.1, -0.05) is 18.2 Å². The number of hydrogen-bond donors (Lipinski definition) is 2. The minimum absolute atomic E-state index is 0.0951. The van der Waals surface area contributed by atoms with Gasteiger partial charge in [-0.25, -0.2) is 9.37 Å². The van der Waals surface area contributed by atoms with Crippen LogP contribution in [0.1, 0.15) is 22.7 Å². The topological polar surface area (TPSA) is 64.9 Å². The predicted octanol–water partition coefficient (Wildman–Crippen LogP) is 3.06. The standard InChI is InChI=1S/C14H13F4N3/c15-12-9(4-1-5-10(12)14(16,17)18)11(19)7-8-3-2-6-21-13(8)20/h1-6,11H,7,19H2,(H2,20,21). The molecule has 2 aromatic rings. The van der Waals surface area contributed by atoms with E-state index in [1.54, 1.807) is 12.1 Å². The molecule has 1 aromatic carbocycles. The molecule has 1 atom stereocenters. The van der Waals surface area contributed by atoms with E-state index < -0.39 is 23.6 Å². The second-order valence-electron chi connectivity index (χ2n) is 4.56. The molecule has 0 saturated heterocycles. The Bertz CT molecular complexity index is 640. The van der Waals surface area contributed by atoms with Gasteiger partial charge in [0.05, 0.1) is 5.56 Å². The van der Waals surface area contributed by atoms with Crippen LogP contribution < -0.4 is 11.5 Å². The Kier molecular flexibility index (Phi) is 4.13. The highest BCUT2D eigenvalue weighted by atomic mass is 19.4. The molecule has 0 spiro atoms. The number of hydrogen-bond acceptors (Lipinski definition) is 3. The van der Waals surface area contributed by atoms with Crippen LogP contribution in [0.25, 0.3) is 0 Å². The predicted molar refractivity (Wildman–Crippen MR) is 70.7 cm³/mol. The van der Waals surface area contributed by atoms with E-state index in [9.17, 15) is 17.6 Å². The number of nitrogens with zero attached hydrogens (tertiary/aromatic N) is 1. The molecule has 21 heavy (non-hydrogen) atoms. The SMILES string of the molecule is Nc1ncccc1CC(N)c1cccc(C(F)(F)F)c1F. The second-order valence-corrected chi connectivity index (χ2v) is 4.56. The zero-order valence-electron chi connectivity index (χ0n) is 10.9. The van der Waals surface area contributed by atoms with E-state index in [-0.39, 0.29) is 17.8 Å². The van der Waals surface area contributed by atoms with Gasteiger partial charge in [0.2, 0.25) is 0 Å². The van der Waals surface area contributed by atoms with Crippen molar-refractivity contribution in [3.05, 3.63) is 59.0 Å². The lowest BCUT2D eigenvalue weighted by Crippen LogP contribution is -2.19. The minimum atomic E-state index is -4.76. The van der Waals surface area contributed by atoms with Crippen LogP contribution in [0.5, 0.6) is 0 Å². The normalized spacial score (nSPS) is 13.2. The fourth-order valence-corrected chi connectivity index (χ4v) is 2.03. The highest BCUT2D eigenvalue weighted by molar-refractivity contribution is 5.40. The van der Waals surface area contributed by atoms with E-state index in [1.165, 1.54) is 12.3 Å². The summed E-state index contributed by atoms with van der Waals surface area (Å²) in [5.41, 5.74) is 10.5. The van der Waals surface area contributed by atoms with Crippen LogP contribution in [0.4, 0.5) is 23.4 Å². The third kappa shape index (κ3) is 3.30. The van der Waals surface area contributed by atoms with Gasteiger partial charge < -0.3 is 11.5 Å². The first-order valence-electron chi connectivity index (χ1n) is 6.11. The molecule has 0 bridgehead atoms. The van der Waals surface area contributed by atoms with E-state index in [0.717, 1.165) is 6.07 Å². The van der Waals surface area contributed by atoms with Gasteiger partial charge in [0, 0.05) is 17.8 Å². The Morgan fingerprint density at radius 1 is 1.14 bits per heavy atom. The maximum absolute atomic E-state index is 14.0. The van der Waals surface area contributed by atoms with E-state index in [1.807, 2.05) is 0 Å². The van der Waals surface area contributed by atoms with Crippen LogP contribution in [-0.2, 0) is 12.6 Å². The van der Waals surface area contributed by atoms with Gasteiger partial charge in [-0.15, -0.1) is 0 Å². The van der Waals surface area contributed by atoms with Crippen LogP contribution in [-0.4, -0.2) is 4.98 Å². The fourth-order valence-electron chi connectivity index (χ4n) is 2.03. The summed E-state index contributed by atoms with van der Waals surface area (Å²) in [6, 6.07) is 5.38. The molecular weight excluding hydrogens is 286 g/mol.